The van der Waals surface area contributed by atoms with Crippen molar-refractivity contribution in [3.63, 3.8) is 0 Å². The summed E-state index contributed by atoms with van der Waals surface area (Å²) < 4.78 is 14.5. The standard InChI is InChI=1S/C13H15BrFN5/c1-2-3-9-12(17-7-18-13(9)20-16)19-11-5-4-8(14)6-10(11)15/h4-7H,2-3,16H2,1H3,(H2,17,18,19,20). The van der Waals surface area contributed by atoms with E-state index in [-0.39, 0.29) is 5.82 Å². The summed E-state index contributed by atoms with van der Waals surface area (Å²) in [6.45, 7) is 2.04. The van der Waals surface area contributed by atoms with Gasteiger partial charge in [0, 0.05) is 10.0 Å². The Morgan fingerprint density at radius 1 is 1.30 bits per heavy atom. The summed E-state index contributed by atoms with van der Waals surface area (Å²) in [5.74, 6) is 6.18. The predicted molar refractivity (Wildman–Crippen MR) is 81.2 cm³/mol. The molecule has 0 aliphatic carbocycles. The first kappa shape index (κ1) is 14.7. The lowest BCUT2D eigenvalue weighted by Gasteiger charge is -2.14. The second kappa shape index (κ2) is 6.62. The van der Waals surface area contributed by atoms with Gasteiger partial charge in [-0.05, 0) is 24.6 Å². The first-order chi connectivity index (χ1) is 9.65. The highest BCUT2D eigenvalue weighted by Crippen LogP contribution is 2.27. The van der Waals surface area contributed by atoms with Crippen molar-refractivity contribution in [1.82, 2.24) is 9.97 Å². The van der Waals surface area contributed by atoms with Crippen molar-refractivity contribution in [3.8, 4) is 0 Å². The summed E-state index contributed by atoms with van der Waals surface area (Å²) in [6, 6.07) is 4.80. The van der Waals surface area contributed by atoms with E-state index in [0.717, 1.165) is 18.4 Å². The Labute approximate surface area is 124 Å². The molecule has 0 saturated heterocycles. The summed E-state index contributed by atoms with van der Waals surface area (Å²) in [7, 11) is 0. The fraction of sp³-hybridized carbons (Fsp3) is 0.231. The van der Waals surface area contributed by atoms with E-state index in [1.165, 1.54) is 12.4 Å². The number of halogens is 2. The van der Waals surface area contributed by atoms with Gasteiger partial charge in [-0.2, -0.15) is 0 Å². The van der Waals surface area contributed by atoms with Crippen LogP contribution in [0.2, 0.25) is 0 Å². The number of hydrazine groups is 1. The Hall–Kier alpha value is -1.73. The molecule has 5 nitrogen and oxygen atoms in total. The van der Waals surface area contributed by atoms with E-state index < -0.39 is 0 Å². The van der Waals surface area contributed by atoms with Gasteiger partial charge in [0.25, 0.3) is 0 Å². The molecule has 106 valence electrons. The molecule has 0 saturated carbocycles. The van der Waals surface area contributed by atoms with Crippen LogP contribution in [-0.2, 0) is 6.42 Å². The molecule has 0 atom stereocenters. The van der Waals surface area contributed by atoms with Crippen LogP contribution >= 0.6 is 15.9 Å². The number of benzene rings is 1. The van der Waals surface area contributed by atoms with Gasteiger partial charge in [-0.25, -0.2) is 20.2 Å². The number of nitrogen functional groups attached to an aromatic ring is 1. The molecule has 0 unspecified atom stereocenters. The van der Waals surface area contributed by atoms with Gasteiger partial charge in [-0.3, -0.25) is 0 Å². The fourth-order valence-electron chi connectivity index (χ4n) is 1.85. The van der Waals surface area contributed by atoms with Gasteiger partial charge in [0.05, 0.1) is 5.69 Å². The second-order valence-electron chi connectivity index (χ2n) is 4.19. The number of hydrogen-bond donors (Lipinski definition) is 3. The minimum absolute atomic E-state index is 0.354. The minimum atomic E-state index is -0.359. The van der Waals surface area contributed by atoms with Crippen molar-refractivity contribution in [2.45, 2.75) is 19.8 Å². The van der Waals surface area contributed by atoms with Crippen molar-refractivity contribution >= 4 is 33.3 Å². The monoisotopic (exact) mass is 339 g/mol. The molecule has 0 fully saturated rings. The van der Waals surface area contributed by atoms with Gasteiger partial charge < -0.3 is 10.7 Å². The van der Waals surface area contributed by atoms with Crippen molar-refractivity contribution in [3.05, 3.63) is 40.4 Å². The van der Waals surface area contributed by atoms with Crippen LogP contribution in [0, 0.1) is 5.82 Å². The SMILES string of the molecule is CCCc1c(NN)ncnc1Nc1ccc(Br)cc1F. The number of anilines is 3. The van der Waals surface area contributed by atoms with E-state index in [2.05, 4.69) is 36.6 Å². The van der Waals surface area contributed by atoms with Crippen LogP contribution in [0.3, 0.4) is 0 Å². The van der Waals surface area contributed by atoms with Crippen molar-refractivity contribution < 1.29 is 4.39 Å². The van der Waals surface area contributed by atoms with E-state index in [1.807, 2.05) is 6.92 Å². The van der Waals surface area contributed by atoms with Crippen molar-refractivity contribution in [1.29, 1.82) is 0 Å². The van der Waals surface area contributed by atoms with E-state index >= 15 is 0 Å². The van der Waals surface area contributed by atoms with Gasteiger partial charge in [-0.1, -0.05) is 29.3 Å². The number of rotatable bonds is 5. The smallest absolute Gasteiger partial charge is 0.148 e. The Morgan fingerprint density at radius 3 is 2.70 bits per heavy atom. The van der Waals surface area contributed by atoms with E-state index in [0.29, 0.717) is 21.8 Å². The maximum absolute atomic E-state index is 13.9. The third-order valence-electron chi connectivity index (χ3n) is 2.77. The second-order valence-corrected chi connectivity index (χ2v) is 5.11. The summed E-state index contributed by atoms with van der Waals surface area (Å²) in [4.78, 5) is 8.23. The number of hydrogen-bond acceptors (Lipinski definition) is 5. The molecule has 0 aliphatic heterocycles. The van der Waals surface area contributed by atoms with E-state index in [9.17, 15) is 4.39 Å². The predicted octanol–water partition coefficient (Wildman–Crippen LogP) is 3.36. The lowest BCUT2D eigenvalue weighted by Crippen LogP contribution is -2.13. The average molecular weight is 340 g/mol. The lowest BCUT2D eigenvalue weighted by atomic mass is 10.1. The number of aromatic nitrogens is 2. The Morgan fingerprint density at radius 2 is 2.05 bits per heavy atom. The molecule has 2 aromatic rings. The van der Waals surface area contributed by atoms with Crippen LogP contribution in [0.5, 0.6) is 0 Å². The Bertz CT molecular complexity index is 605. The highest BCUT2D eigenvalue weighted by Gasteiger charge is 2.12. The molecule has 0 spiro atoms. The third-order valence-corrected chi connectivity index (χ3v) is 3.26. The highest BCUT2D eigenvalue weighted by atomic mass is 79.9. The van der Waals surface area contributed by atoms with Crippen molar-refractivity contribution in [2.75, 3.05) is 10.7 Å². The summed E-state index contributed by atoms with van der Waals surface area (Å²) in [5.41, 5.74) is 3.73. The molecular formula is C13H15BrFN5. The quantitative estimate of drug-likeness (QED) is 0.575. The number of nitrogens with two attached hydrogens (primary N) is 1. The molecule has 0 aliphatic rings. The topological polar surface area (TPSA) is 75.9 Å². The Balaban J connectivity index is 2.37. The largest absolute Gasteiger partial charge is 0.337 e. The van der Waals surface area contributed by atoms with Crippen LogP contribution in [0.25, 0.3) is 0 Å². The molecule has 4 N–H and O–H groups in total. The molecule has 1 heterocycles. The molecule has 7 heteroatoms. The molecule has 0 bridgehead atoms. The normalized spacial score (nSPS) is 10.4. The first-order valence-corrected chi connectivity index (χ1v) is 6.97. The minimum Gasteiger partial charge on any atom is -0.337 e. The highest BCUT2D eigenvalue weighted by molar-refractivity contribution is 9.10. The van der Waals surface area contributed by atoms with Crippen LogP contribution in [-0.4, -0.2) is 9.97 Å². The van der Waals surface area contributed by atoms with Crippen LogP contribution in [0.4, 0.5) is 21.7 Å². The average Bonchev–Trinajstić information content (AvgIpc) is 2.43. The summed E-state index contributed by atoms with van der Waals surface area (Å²) >= 11 is 3.22. The third kappa shape index (κ3) is 3.23. The maximum Gasteiger partial charge on any atom is 0.148 e. The fourth-order valence-corrected chi connectivity index (χ4v) is 2.18. The zero-order valence-corrected chi connectivity index (χ0v) is 12.5. The molecule has 1 aromatic carbocycles. The Kier molecular flexibility index (Phi) is 4.86. The van der Waals surface area contributed by atoms with Gasteiger partial charge in [0.2, 0.25) is 0 Å². The molecule has 0 amide bonds. The zero-order chi connectivity index (χ0) is 14.5. The molecule has 1 aromatic heterocycles. The van der Waals surface area contributed by atoms with Crippen LogP contribution in [0.1, 0.15) is 18.9 Å². The van der Waals surface area contributed by atoms with Gasteiger partial charge in [-0.15, -0.1) is 0 Å². The van der Waals surface area contributed by atoms with Gasteiger partial charge >= 0.3 is 0 Å². The molecule has 0 radical (unpaired) electrons. The molecule has 20 heavy (non-hydrogen) atoms. The van der Waals surface area contributed by atoms with Gasteiger partial charge in [0.15, 0.2) is 0 Å². The molecular weight excluding hydrogens is 325 g/mol. The van der Waals surface area contributed by atoms with E-state index in [1.54, 1.807) is 12.1 Å². The van der Waals surface area contributed by atoms with Crippen LogP contribution in [0.15, 0.2) is 29.0 Å². The maximum atomic E-state index is 13.9. The summed E-state index contributed by atoms with van der Waals surface area (Å²) in [6.07, 6.45) is 3.02. The van der Waals surface area contributed by atoms with Crippen molar-refractivity contribution in [2.24, 2.45) is 5.84 Å². The van der Waals surface area contributed by atoms with Crippen LogP contribution < -0.4 is 16.6 Å². The lowest BCUT2D eigenvalue weighted by molar-refractivity contribution is 0.631. The number of nitrogens with one attached hydrogen (secondary N) is 2. The number of nitrogens with zero attached hydrogens (tertiary/aromatic N) is 2. The summed E-state index contributed by atoms with van der Waals surface area (Å²) in [5, 5.41) is 2.99. The van der Waals surface area contributed by atoms with Gasteiger partial charge in [0.1, 0.15) is 23.8 Å². The molecule has 2 rings (SSSR count). The zero-order valence-electron chi connectivity index (χ0n) is 11.0. The first-order valence-electron chi connectivity index (χ1n) is 6.18. The van der Waals surface area contributed by atoms with E-state index in [4.69, 9.17) is 5.84 Å².